The average molecular weight is 272 g/mol. The number of unbranched alkanes of at least 4 members (excludes halogenated alkanes) is 4. The van der Waals surface area contributed by atoms with Crippen LogP contribution in [0.3, 0.4) is 0 Å². The summed E-state index contributed by atoms with van der Waals surface area (Å²) < 4.78 is 0. The van der Waals surface area contributed by atoms with E-state index in [0.717, 1.165) is 25.9 Å². The SMILES string of the molecule is CCCCNCCCCCCN(C(=O)O)C(C)(C)C. The van der Waals surface area contributed by atoms with Gasteiger partial charge < -0.3 is 15.3 Å². The Bertz CT molecular complexity index is 237. The van der Waals surface area contributed by atoms with Gasteiger partial charge in [0.2, 0.25) is 0 Å². The molecule has 4 heteroatoms. The van der Waals surface area contributed by atoms with Crippen molar-refractivity contribution in [1.29, 1.82) is 0 Å². The zero-order valence-electron chi connectivity index (χ0n) is 13.2. The Morgan fingerprint density at radius 1 is 1.05 bits per heavy atom. The topological polar surface area (TPSA) is 52.6 Å². The summed E-state index contributed by atoms with van der Waals surface area (Å²) in [6, 6.07) is 0. The van der Waals surface area contributed by atoms with Gasteiger partial charge in [0, 0.05) is 12.1 Å². The monoisotopic (exact) mass is 272 g/mol. The van der Waals surface area contributed by atoms with Crippen LogP contribution in [-0.2, 0) is 0 Å². The number of nitrogens with zero attached hydrogens (tertiary/aromatic N) is 1. The van der Waals surface area contributed by atoms with E-state index in [4.69, 9.17) is 5.11 Å². The van der Waals surface area contributed by atoms with Crippen LogP contribution < -0.4 is 5.32 Å². The fourth-order valence-corrected chi connectivity index (χ4v) is 2.02. The maximum atomic E-state index is 11.1. The van der Waals surface area contributed by atoms with Gasteiger partial charge in [0.1, 0.15) is 0 Å². The van der Waals surface area contributed by atoms with Crippen LogP contribution in [0.4, 0.5) is 4.79 Å². The summed E-state index contributed by atoms with van der Waals surface area (Å²) >= 11 is 0. The van der Waals surface area contributed by atoms with Crippen LogP contribution in [0.1, 0.15) is 66.2 Å². The Morgan fingerprint density at radius 3 is 2.16 bits per heavy atom. The van der Waals surface area contributed by atoms with Crippen LogP contribution in [0, 0.1) is 0 Å². The minimum atomic E-state index is -0.811. The van der Waals surface area contributed by atoms with Gasteiger partial charge in [0.25, 0.3) is 0 Å². The molecule has 0 spiro atoms. The molecule has 0 saturated carbocycles. The molecule has 0 aromatic rings. The summed E-state index contributed by atoms with van der Waals surface area (Å²) in [4.78, 5) is 12.7. The predicted molar refractivity (Wildman–Crippen MR) is 80.7 cm³/mol. The molecule has 0 radical (unpaired) electrons. The van der Waals surface area contributed by atoms with Crippen LogP contribution in [-0.4, -0.2) is 41.3 Å². The molecule has 0 rings (SSSR count). The Balaban J connectivity index is 3.54. The third-order valence-electron chi connectivity index (χ3n) is 3.23. The number of amides is 1. The van der Waals surface area contributed by atoms with E-state index in [-0.39, 0.29) is 5.54 Å². The highest BCUT2D eigenvalue weighted by molar-refractivity contribution is 5.65. The normalized spacial score (nSPS) is 11.6. The average Bonchev–Trinajstić information content (AvgIpc) is 2.29. The molecule has 0 heterocycles. The van der Waals surface area contributed by atoms with Gasteiger partial charge in [-0.2, -0.15) is 0 Å². The largest absolute Gasteiger partial charge is 0.465 e. The van der Waals surface area contributed by atoms with Gasteiger partial charge in [0.15, 0.2) is 0 Å². The lowest BCUT2D eigenvalue weighted by Gasteiger charge is -2.33. The lowest BCUT2D eigenvalue weighted by Crippen LogP contribution is -2.45. The van der Waals surface area contributed by atoms with Crippen LogP contribution in [0.15, 0.2) is 0 Å². The van der Waals surface area contributed by atoms with Crippen molar-refractivity contribution in [3.63, 3.8) is 0 Å². The number of carbonyl (C=O) groups is 1. The van der Waals surface area contributed by atoms with E-state index in [1.807, 2.05) is 20.8 Å². The molecule has 19 heavy (non-hydrogen) atoms. The van der Waals surface area contributed by atoms with Gasteiger partial charge in [-0.15, -0.1) is 0 Å². The summed E-state index contributed by atoms with van der Waals surface area (Å²) in [5, 5.41) is 12.6. The number of rotatable bonds is 10. The summed E-state index contributed by atoms with van der Waals surface area (Å²) in [6.07, 6.45) is 6.11. The Labute approximate surface area is 118 Å². The molecule has 0 aromatic heterocycles. The van der Waals surface area contributed by atoms with Crippen LogP contribution >= 0.6 is 0 Å². The fourth-order valence-electron chi connectivity index (χ4n) is 2.02. The van der Waals surface area contributed by atoms with E-state index in [0.29, 0.717) is 6.54 Å². The van der Waals surface area contributed by atoms with Crippen molar-refractivity contribution in [2.45, 2.75) is 71.8 Å². The molecule has 4 nitrogen and oxygen atoms in total. The summed E-state index contributed by atoms with van der Waals surface area (Å²) in [7, 11) is 0. The zero-order chi connectivity index (χ0) is 14.7. The summed E-state index contributed by atoms with van der Waals surface area (Å²) in [5.74, 6) is 0. The lowest BCUT2D eigenvalue weighted by molar-refractivity contribution is 0.0990. The molecule has 0 aliphatic heterocycles. The molecule has 0 fully saturated rings. The van der Waals surface area contributed by atoms with E-state index in [2.05, 4.69) is 12.2 Å². The van der Waals surface area contributed by atoms with Gasteiger partial charge >= 0.3 is 6.09 Å². The van der Waals surface area contributed by atoms with E-state index in [1.165, 1.54) is 30.6 Å². The number of hydrogen-bond donors (Lipinski definition) is 2. The maximum Gasteiger partial charge on any atom is 0.407 e. The van der Waals surface area contributed by atoms with Crippen molar-refractivity contribution in [2.24, 2.45) is 0 Å². The molecule has 0 aromatic carbocycles. The second kappa shape index (κ2) is 10.1. The molecule has 0 bridgehead atoms. The molecule has 0 unspecified atom stereocenters. The first-order valence-electron chi connectivity index (χ1n) is 7.61. The van der Waals surface area contributed by atoms with Crippen molar-refractivity contribution >= 4 is 6.09 Å². The predicted octanol–water partition coefficient (Wildman–Crippen LogP) is 3.72. The minimum Gasteiger partial charge on any atom is -0.465 e. The molecule has 0 aliphatic carbocycles. The van der Waals surface area contributed by atoms with E-state index in [9.17, 15) is 4.79 Å². The Hall–Kier alpha value is -0.770. The molecular weight excluding hydrogens is 240 g/mol. The number of nitrogens with one attached hydrogen (secondary N) is 1. The molecule has 0 saturated heterocycles. The van der Waals surface area contributed by atoms with Gasteiger partial charge in [0.05, 0.1) is 0 Å². The van der Waals surface area contributed by atoms with Gasteiger partial charge in [-0.05, 0) is 53.1 Å². The molecule has 0 atom stereocenters. The maximum absolute atomic E-state index is 11.1. The lowest BCUT2D eigenvalue weighted by atomic mass is 10.1. The third-order valence-corrected chi connectivity index (χ3v) is 3.23. The zero-order valence-corrected chi connectivity index (χ0v) is 13.2. The smallest absolute Gasteiger partial charge is 0.407 e. The first-order chi connectivity index (χ1) is 8.89. The van der Waals surface area contributed by atoms with Crippen molar-refractivity contribution in [2.75, 3.05) is 19.6 Å². The van der Waals surface area contributed by atoms with E-state index >= 15 is 0 Å². The Kier molecular flexibility index (Phi) is 9.66. The van der Waals surface area contributed by atoms with Crippen molar-refractivity contribution in [3.8, 4) is 0 Å². The highest BCUT2D eigenvalue weighted by Crippen LogP contribution is 2.14. The quantitative estimate of drug-likeness (QED) is 0.596. The molecule has 2 N–H and O–H groups in total. The molecule has 0 aliphatic rings. The van der Waals surface area contributed by atoms with E-state index < -0.39 is 6.09 Å². The minimum absolute atomic E-state index is 0.298. The standard InChI is InChI=1S/C15H32N2O2/c1-5-6-11-16-12-9-7-8-10-13-17(14(18)19)15(2,3)4/h16H,5-13H2,1-4H3,(H,18,19). The fraction of sp³-hybridized carbons (Fsp3) is 0.933. The second-order valence-corrected chi connectivity index (χ2v) is 6.12. The summed E-state index contributed by atoms with van der Waals surface area (Å²) in [6.45, 7) is 10.9. The van der Waals surface area contributed by atoms with Crippen LogP contribution in [0.25, 0.3) is 0 Å². The summed E-state index contributed by atoms with van der Waals surface area (Å²) in [5.41, 5.74) is -0.298. The molecule has 1 amide bonds. The molecular formula is C15H32N2O2. The second-order valence-electron chi connectivity index (χ2n) is 6.12. The van der Waals surface area contributed by atoms with Gasteiger partial charge in [-0.25, -0.2) is 4.79 Å². The number of hydrogen-bond acceptors (Lipinski definition) is 2. The van der Waals surface area contributed by atoms with Crippen molar-refractivity contribution in [3.05, 3.63) is 0 Å². The van der Waals surface area contributed by atoms with Crippen molar-refractivity contribution < 1.29 is 9.90 Å². The highest BCUT2D eigenvalue weighted by atomic mass is 16.4. The third kappa shape index (κ3) is 9.77. The number of carboxylic acid groups (broad SMARTS) is 1. The highest BCUT2D eigenvalue weighted by Gasteiger charge is 2.24. The first kappa shape index (κ1) is 18.2. The van der Waals surface area contributed by atoms with Gasteiger partial charge in [-0.3, -0.25) is 0 Å². The Morgan fingerprint density at radius 2 is 1.63 bits per heavy atom. The first-order valence-corrected chi connectivity index (χ1v) is 7.61. The van der Waals surface area contributed by atoms with E-state index in [1.54, 1.807) is 0 Å². The van der Waals surface area contributed by atoms with Gasteiger partial charge in [-0.1, -0.05) is 26.2 Å². The van der Waals surface area contributed by atoms with Crippen LogP contribution in [0.2, 0.25) is 0 Å². The van der Waals surface area contributed by atoms with Crippen molar-refractivity contribution in [1.82, 2.24) is 10.2 Å². The molecule has 114 valence electrons. The van der Waals surface area contributed by atoms with Crippen LogP contribution in [0.5, 0.6) is 0 Å².